The van der Waals surface area contributed by atoms with E-state index in [2.05, 4.69) is 5.32 Å². The van der Waals surface area contributed by atoms with Crippen LogP contribution in [0.4, 0.5) is 5.69 Å². The van der Waals surface area contributed by atoms with Crippen molar-refractivity contribution in [1.82, 2.24) is 0 Å². The molecule has 0 saturated heterocycles. The van der Waals surface area contributed by atoms with E-state index in [1.165, 1.54) is 12.1 Å². The maximum absolute atomic E-state index is 12.4. The van der Waals surface area contributed by atoms with Gasteiger partial charge in [0.1, 0.15) is 5.58 Å². The highest BCUT2D eigenvalue weighted by molar-refractivity contribution is 7.90. The van der Waals surface area contributed by atoms with Gasteiger partial charge < -0.3 is 9.73 Å². The Hall–Kier alpha value is -2.60. The van der Waals surface area contributed by atoms with E-state index < -0.39 is 9.84 Å². The van der Waals surface area contributed by atoms with Gasteiger partial charge in [0, 0.05) is 22.9 Å². The first kappa shape index (κ1) is 17.2. The number of hydrogen-bond acceptors (Lipinski definition) is 4. The fourth-order valence-corrected chi connectivity index (χ4v) is 3.31. The maximum atomic E-state index is 12.4. The van der Waals surface area contributed by atoms with Crippen molar-refractivity contribution in [3.05, 3.63) is 59.4 Å². The zero-order valence-corrected chi connectivity index (χ0v) is 15.1. The monoisotopic (exact) mass is 357 g/mol. The summed E-state index contributed by atoms with van der Waals surface area (Å²) in [5, 5.41) is 3.70. The van der Waals surface area contributed by atoms with Crippen molar-refractivity contribution in [2.45, 2.75) is 25.2 Å². The second-order valence-corrected chi connectivity index (χ2v) is 8.25. The molecule has 1 N–H and O–H groups in total. The summed E-state index contributed by atoms with van der Waals surface area (Å²) in [5.74, 6) is -0.225. The first-order valence-corrected chi connectivity index (χ1v) is 9.70. The van der Waals surface area contributed by atoms with Crippen LogP contribution in [0.2, 0.25) is 0 Å². The molecule has 3 rings (SSSR count). The van der Waals surface area contributed by atoms with Crippen LogP contribution in [0.15, 0.2) is 52.0 Å². The Bertz CT molecular complexity index is 1060. The van der Waals surface area contributed by atoms with Gasteiger partial charge in [-0.1, -0.05) is 18.2 Å². The summed E-state index contributed by atoms with van der Waals surface area (Å²) >= 11 is 0. The molecule has 1 heterocycles. The topological polar surface area (TPSA) is 76.4 Å². The van der Waals surface area contributed by atoms with Crippen molar-refractivity contribution < 1.29 is 17.6 Å². The molecule has 0 spiro atoms. The van der Waals surface area contributed by atoms with E-state index in [9.17, 15) is 13.2 Å². The van der Waals surface area contributed by atoms with Gasteiger partial charge in [0.25, 0.3) is 0 Å². The fourth-order valence-electron chi connectivity index (χ4n) is 2.66. The molecule has 1 amide bonds. The van der Waals surface area contributed by atoms with Gasteiger partial charge >= 0.3 is 0 Å². The van der Waals surface area contributed by atoms with Crippen molar-refractivity contribution in [2.75, 3.05) is 11.6 Å². The first-order chi connectivity index (χ1) is 11.7. The highest BCUT2D eigenvalue weighted by Crippen LogP contribution is 2.24. The Morgan fingerprint density at radius 3 is 2.60 bits per heavy atom. The largest absolute Gasteiger partial charge is 0.464 e. The molecule has 0 aliphatic rings. The Morgan fingerprint density at radius 1 is 1.12 bits per heavy atom. The zero-order chi connectivity index (χ0) is 18.2. The highest BCUT2D eigenvalue weighted by Gasteiger charge is 2.14. The molecule has 0 unspecified atom stereocenters. The molecule has 0 saturated carbocycles. The van der Waals surface area contributed by atoms with E-state index in [4.69, 9.17) is 4.42 Å². The zero-order valence-electron chi connectivity index (χ0n) is 14.3. The van der Waals surface area contributed by atoms with Crippen molar-refractivity contribution in [3.8, 4) is 0 Å². The van der Waals surface area contributed by atoms with E-state index in [-0.39, 0.29) is 17.2 Å². The molecule has 1 aromatic heterocycles. The molecule has 0 atom stereocenters. The van der Waals surface area contributed by atoms with Gasteiger partial charge in [0.05, 0.1) is 17.6 Å². The molecule has 6 heteroatoms. The maximum Gasteiger partial charge on any atom is 0.228 e. The Kier molecular flexibility index (Phi) is 4.39. The van der Waals surface area contributed by atoms with Gasteiger partial charge in [-0.25, -0.2) is 8.42 Å². The molecule has 0 fully saturated rings. The first-order valence-electron chi connectivity index (χ1n) is 7.81. The number of aryl methyl sites for hydroxylation is 2. The summed E-state index contributed by atoms with van der Waals surface area (Å²) in [6, 6.07) is 10.5. The van der Waals surface area contributed by atoms with E-state index >= 15 is 0 Å². The van der Waals surface area contributed by atoms with Gasteiger partial charge in [0.15, 0.2) is 9.84 Å². The number of sulfone groups is 1. The van der Waals surface area contributed by atoms with Crippen LogP contribution in [0.1, 0.15) is 16.7 Å². The number of carbonyl (C=O) groups is 1. The van der Waals surface area contributed by atoms with Crippen LogP contribution in [0.25, 0.3) is 11.0 Å². The van der Waals surface area contributed by atoms with Crippen molar-refractivity contribution in [2.24, 2.45) is 0 Å². The number of fused-ring (bicyclic) bond motifs is 1. The van der Waals surface area contributed by atoms with Crippen LogP contribution >= 0.6 is 0 Å². The molecule has 5 nitrogen and oxygen atoms in total. The van der Waals surface area contributed by atoms with Crippen molar-refractivity contribution in [3.63, 3.8) is 0 Å². The minimum Gasteiger partial charge on any atom is -0.464 e. The van der Waals surface area contributed by atoms with E-state index in [0.29, 0.717) is 5.69 Å². The summed E-state index contributed by atoms with van der Waals surface area (Å²) in [7, 11) is -3.33. The Labute approximate surface area is 146 Å². The lowest BCUT2D eigenvalue weighted by Gasteiger charge is -2.10. The van der Waals surface area contributed by atoms with Gasteiger partial charge in [-0.15, -0.1) is 0 Å². The standard InChI is InChI=1S/C19H19NO4S/c1-12-4-7-16-14(11-24-18(16)8-12)9-19(21)20-17-10-15(25(3,22)23)6-5-13(17)2/h4-8,10-11H,9H2,1-3H3,(H,20,21). The van der Waals surface area contributed by atoms with Crippen LogP contribution < -0.4 is 5.32 Å². The number of furan rings is 1. The predicted molar refractivity (Wildman–Crippen MR) is 97.6 cm³/mol. The normalized spacial score (nSPS) is 11.6. The van der Waals surface area contributed by atoms with E-state index in [1.54, 1.807) is 12.3 Å². The van der Waals surface area contributed by atoms with Crippen LogP contribution in [0.3, 0.4) is 0 Å². The highest BCUT2D eigenvalue weighted by atomic mass is 32.2. The number of amides is 1. The predicted octanol–water partition coefficient (Wildman–Crippen LogP) is 3.63. The number of anilines is 1. The van der Waals surface area contributed by atoms with Crippen LogP contribution in [0.5, 0.6) is 0 Å². The van der Waals surface area contributed by atoms with Crippen molar-refractivity contribution in [1.29, 1.82) is 0 Å². The van der Waals surface area contributed by atoms with Gasteiger partial charge in [0.2, 0.25) is 5.91 Å². The van der Waals surface area contributed by atoms with Crippen LogP contribution in [0, 0.1) is 13.8 Å². The number of hydrogen-bond donors (Lipinski definition) is 1. The van der Waals surface area contributed by atoms with Gasteiger partial charge in [-0.2, -0.15) is 0 Å². The molecule has 0 aliphatic heterocycles. The summed E-state index contributed by atoms with van der Waals surface area (Å²) in [6.07, 6.45) is 2.88. The smallest absolute Gasteiger partial charge is 0.228 e. The second kappa shape index (κ2) is 6.37. The van der Waals surface area contributed by atoms with Crippen molar-refractivity contribution >= 4 is 32.4 Å². The molecular formula is C19H19NO4S. The number of carbonyl (C=O) groups excluding carboxylic acids is 1. The summed E-state index contributed by atoms with van der Waals surface area (Å²) in [6.45, 7) is 3.80. The average molecular weight is 357 g/mol. The average Bonchev–Trinajstić information content (AvgIpc) is 2.90. The minimum atomic E-state index is -3.33. The molecular weight excluding hydrogens is 338 g/mol. The number of rotatable bonds is 4. The molecule has 25 heavy (non-hydrogen) atoms. The van der Waals surface area contributed by atoms with Crippen LogP contribution in [-0.2, 0) is 21.1 Å². The molecule has 0 aliphatic carbocycles. The molecule has 2 aromatic carbocycles. The molecule has 130 valence electrons. The van der Waals surface area contributed by atoms with Crippen LogP contribution in [-0.4, -0.2) is 20.6 Å². The lowest BCUT2D eigenvalue weighted by Crippen LogP contribution is -2.15. The molecule has 3 aromatic rings. The third-order valence-electron chi connectivity index (χ3n) is 4.07. The minimum absolute atomic E-state index is 0.151. The fraction of sp³-hybridized carbons (Fsp3) is 0.211. The Morgan fingerprint density at radius 2 is 1.88 bits per heavy atom. The number of nitrogens with one attached hydrogen (secondary N) is 1. The van der Waals surface area contributed by atoms with Gasteiger partial charge in [-0.05, 0) is 43.2 Å². The summed E-state index contributed by atoms with van der Waals surface area (Å²) in [4.78, 5) is 12.6. The SMILES string of the molecule is Cc1ccc2c(CC(=O)Nc3cc(S(C)(=O)=O)ccc3C)coc2c1. The molecule has 0 radical (unpaired) electrons. The summed E-state index contributed by atoms with van der Waals surface area (Å²) in [5.41, 5.74) is 3.93. The third-order valence-corrected chi connectivity index (χ3v) is 5.18. The molecule has 0 bridgehead atoms. The number of benzene rings is 2. The summed E-state index contributed by atoms with van der Waals surface area (Å²) < 4.78 is 28.9. The Balaban J connectivity index is 1.83. The lowest BCUT2D eigenvalue weighted by molar-refractivity contribution is -0.115. The van der Waals surface area contributed by atoms with E-state index in [0.717, 1.165) is 33.9 Å². The van der Waals surface area contributed by atoms with Gasteiger partial charge in [-0.3, -0.25) is 4.79 Å². The van der Waals surface area contributed by atoms with E-state index in [1.807, 2.05) is 32.0 Å². The second-order valence-electron chi connectivity index (χ2n) is 6.23. The lowest BCUT2D eigenvalue weighted by atomic mass is 10.1. The third kappa shape index (κ3) is 3.74. The quantitative estimate of drug-likeness (QED) is 0.773.